The summed E-state index contributed by atoms with van der Waals surface area (Å²) >= 11 is 0. The van der Waals surface area contributed by atoms with Crippen molar-refractivity contribution in [3.05, 3.63) is 53.7 Å². The minimum Gasteiger partial charge on any atom is -0.373 e. The summed E-state index contributed by atoms with van der Waals surface area (Å²) in [6, 6.07) is 6.28. The Hall–Kier alpha value is -3.50. The second kappa shape index (κ2) is 8.56. The Morgan fingerprint density at radius 1 is 1.19 bits per heavy atom. The number of rotatable bonds is 4. The summed E-state index contributed by atoms with van der Waals surface area (Å²) in [6.45, 7) is 0.810. The van der Waals surface area contributed by atoms with Crippen LogP contribution in [0.4, 0.5) is 19.0 Å². The van der Waals surface area contributed by atoms with Crippen molar-refractivity contribution in [2.75, 3.05) is 25.5 Å². The number of amides is 1. The number of aryl methyl sites for hydroxylation is 1. The third-order valence-electron chi connectivity index (χ3n) is 5.46. The van der Waals surface area contributed by atoms with Crippen LogP contribution in [0.3, 0.4) is 0 Å². The molecule has 1 aliphatic heterocycles. The van der Waals surface area contributed by atoms with Gasteiger partial charge in [0.2, 0.25) is 0 Å². The van der Waals surface area contributed by atoms with E-state index in [0.717, 1.165) is 28.4 Å². The molecule has 1 aliphatic rings. The van der Waals surface area contributed by atoms with Gasteiger partial charge < -0.3 is 10.2 Å². The minimum atomic E-state index is -4.60. The fourth-order valence-corrected chi connectivity index (χ4v) is 3.80. The number of likely N-dealkylation sites (tertiary alicyclic amines) is 1. The highest BCUT2D eigenvalue weighted by Gasteiger charge is 2.36. The third-order valence-corrected chi connectivity index (χ3v) is 5.46. The number of aromatic nitrogens is 5. The summed E-state index contributed by atoms with van der Waals surface area (Å²) in [5, 5.41) is 6.49. The lowest BCUT2D eigenvalue weighted by molar-refractivity contribution is -0.141. The molecule has 0 aromatic carbocycles. The number of nitrogens with zero attached hydrogens (tertiary/aromatic N) is 6. The van der Waals surface area contributed by atoms with Gasteiger partial charge in [-0.2, -0.15) is 18.3 Å². The van der Waals surface area contributed by atoms with Crippen LogP contribution in [0.2, 0.25) is 0 Å². The smallest absolute Gasteiger partial charge is 0.373 e. The van der Waals surface area contributed by atoms with Crippen LogP contribution < -0.4 is 5.32 Å². The summed E-state index contributed by atoms with van der Waals surface area (Å²) in [4.78, 5) is 27.8. The standard InChI is InChI=1S/C21H22F3N7O/c1-25-18-10-15(27-19(28-18)13-5-7-26-8-6-13)14-4-3-9-31(12-14)20(32)16-11-17(21(22,23)24)29-30(16)2/h5-8,10-11,14H,3-4,9,12H2,1-2H3,(H,25,27,28)/t14-/m1/s1. The predicted octanol–water partition coefficient (Wildman–Crippen LogP) is 3.35. The number of hydrogen-bond acceptors (Lipinski definition) is 6. The van der Waals surface area contributed by atoms with E-state index < -0.39 is 17.8 Å². The molecule has 0 unspecified atom stereocenters. The molecule has 8 nitrogen and oxygen atoms in total. The summed E-state index contributed by atoms with van der Waals surface area (Å²) in [7, 11) is 3.11. The van der Waals surface area contributed by atoms with Crippen LogP contribution in [0.1, 0.15) is 40.6 Å². The monoisotopic (exact) mass is 445 g/mol. The number of pyridine rings is 1. The van der Waals surface area contributed by atoms with Crippen LogP contribution in [-0.2, 0) is 13.2 Å². The van der Waals surface area contributed by atoms with E-state index in [-0.39, 0.29) is 11.6 Å². The van der Waals surface area contributed by atoms with Crippen molar-refractivity contribution in [2.45, 2.75) is 24.9 Å². The van der Waals surface area contributed by atoms with E-state index in [1.54, 1.807) is 24.3 Å². The zero-order chi connectivity index (χ0) is 22.9. The highest BCUT2D eigenvalue weighted by atomic mass is 19.4. The van der Waals surface area contributed by atoms with Crippen molar-refractivity contribution in [2.24, 2.45) is 7.05 Å². The van der Waals surface area contributed by atoms with E-state index in [1.807, 2.05) is 18.2 Å². The molecule has 1 saturated heterocycles. The Morgan fingerprint density at radius 2 is 1.94 bits per heavy atom. The number of carbonyl (C=O) groups excluding carboxylic acids is 1. The number of hydrogen-bond donors (Lipinski definition) is 1. The first-order valence-electron chi connectivity index (χ1n) is 10.1. The second-order valence-electron chi connectivity index (χ2n) is 7.61. The van der Waals surface area contributed by atoms with Gasteiger partial charge in [0.05, 0.1) is 5.69 Å². The molecular weight excluding hydrogens is 423 g/mol. The van der Waals surface area contributed by atoms with E-state index in [9.17, 15) is 18.0 Å². The fourth-order valence-electron chi connectivity index (χ4n) is 3.80. The number of halogens is 3. The number of carbonyl (C=O) groups is 1. The highest BCUT2D eigenvalue weighted by Crippen LogP contribution is 2.31. The Labute approximate surface area is 182 Å². The average Bonchev–Trinajstić information content (AvgIpc) is 3.21. The van der Waals surface area contributed by atoms with E-state index in [1.165, 1.54) is 7.05 Å². The normalized spacial score (nSPS) is 16.8. The zero-order valence-electron chi connectivity index (χ0n) is 17.6. The maximum absolute atomic E-state index is 13.0. The molecule has 4 heterocycles. The van der Waals surface area contributed by atoms with E-state index >= 15 is 0 Å². The third kappa shape index (κ3) is 4.41. The van der Waals surface area contributed by atoms with Crippen molar-refractivity contribution >= 4 is 11.7 Å². The second-order valence-corrected chi connectivity index (χ2v) is 7.61. The van der Waals surface area contributed by atoms with Gasteiger partial charge in [0.1, 0.15) is 11.5 Å². The van der Waals surface area contributed by atoms with Crippen molar-refractivity contribution in [3.63, 3.8) is 0 Å². The van der Waals surface area contributed by atoms with E-state index in [4.69, 9.17) is 4.98 Å². The summed E-state index contributed by atoms with van der Waals surface area (Å²) in [5.41, 5.74) is 0.425. The summed E-state index contributed by atoms with van der Waals surface area (Å²) in [5.74, 6) is 0.641. The molecule has 168 valence electrons. The van der Waals surface area contributed by atoms with E-state index in [0.29, 0.717) is 31.2 Å². The van der Waals surface area contributed by atoms with E-state index in [2.05, 4.69) is 20.4 Å². The predicted molar refractivity (Wildman–Crippen MR) is 111 cm³/mol. The molecule has 0 aliphatic carbocycles. The Morgan fingerprint density at radius 3 is 2.59 bits per heavy atom. The van der Waals surface area contributed by atoms with Gasteiger partial charge in [-0.25, -0.2) is 9.97 Å². The molecule has 1 amide bonds. The zero-order valence-corrected chi connectivity index (χ0v) is 17.6. The van der Waals surface area contributed by atoms with Crippen LogP contribution in [0, 0.1) is 0 Å². The maximum Gasteiger partial charge on any atom is 0.435 e. The van der Waals surface area contributed by atoms with Crippen molar-refractivity contribution in [1.82, 2.24) is 29.6 Å². The van der Waals surface area contributed by atoms with Crippen LogP contribution in [-0.4, -0.2) is 55.7 Å². The lowest BCUT2D eigenvalue weighted by atomic mass is 9.94. The molecule has 0 spiro atoms. The molecule has 0 saturated carbocycles. The quantitative estimate of drug-likeness (QED) is 0.663. The molecule has 0 bridgehead atoms. The maximum atomic E-state index is 13.0. The van der Waals surface area contributed by atoms with Gasteiger partial charge in [-0.3, -0.25) is 14.5 Å². The van der Waals surface area contributed by atoms with Crippen molar-refractivity contribution < 1.29 is 18.0 Å². The van der Waals surface area contributed by atoms with Gasteiger partial charge in [0.25, 0.3) is 5.91 Å². The largest absolute Gasteiger partial charge is 0.435 e. The topological polar surface area (TPSA) is 88.8 Å². The molecule has 0 radical (unpaired) electrons. The molecular formula is C21H22F3N7O. The molecule has 1 atom stereocenters. The lowest BCUT2D eigenvalue weighted by Gasteiger charge is -2.32. The molecule has 3 aromatic heterocycles. The first-order valence-corrected chi connectivity index (χ1v) is 10.1. The van der Waals surface area contributed by atoms with Gasteiger partial charge in [-0.05, 0) is 25.0 Å². The van der Waals surface area contributed by atoms with Gasteiger partial charge in [0, 0.05) is 63.2 Å². The minimum absolute atomic E-state index is 0.0706. The molecule has 1 N–H and O–H groups in total. The first kappa shape index (κ1) is 21.7. The number of piperidine rings is 1. The fraction of sp³-hybridized carbons (Fsp3) is 0.381. The van der Waals surface area contributed by atoms with Crippen molar-refractivity contribution in [3.8, 4) is 11.4 Å². The van der Waals surface area contributed by atoms with Crippen LogP contribution in [0.5, 0.6) is 0 Å². The van der Waals surface area contributed by atoms with Gasteiger partial charge in [-0.15, -0.1) is 0 Å². The molecule has 32 heavy (non-hydrogen) atoms. The van der Waals surface area contributed by atoms with Crippen LogP contribution in [0.25, 0.3) is 11.4 Å². The van der Waals surface area contributed by atoms with Crippen LogP contribution >= 0.6 is 0 Å². The number of anilines is 1. The van der Waals surface area contributed by atoms with Gasteiger partial charge in [0.15, 0.2) is 11.5 Å². The van der Waals surface area contributed by atoms with Gasteiger partial charge in [-0.1, -0.05) is 0 Å². The van der Waals surface area contributed by atoms with Gasteiger partial charge >= 0.3 is 6.18 Å². The first-order chi connectivity index (χ1) is 15.3. The lowest BCUT2D eigenvalue weighted by Crippen LogP contribution is -2.40. The molecule has 11 heteroatoms. The number of nitrogens with one attached hydrogen (secondary N) is 1. The molecule has 1 fully saturated rings. The Kier molecular flexibility index (Phi) is 5.81. The Bertz CT molecular complexity index is 1110. The molecule has 3 aromatic rings. The summed E-state index contributed by atoms with van der Waals surface area (Å²) < 4.78 is 40.0. The Balaban J connectivity index is 1.59. The SMILES string of the molecule is CNc1cc([C@@H]2CCCN(C(=O)c3cc(C(F)(F)F)nn3C)C2)nc(-c2ccncc2)n1. The molecule has 4 rings (SSSR count). The van der Waals surface area contributed by atoms with Crippen LogP contribution in [0.15, 0.2) is 36.7 Å². The highest BCUT2D eigenvalue weighted by molar-refractivity contribution is 5.92. The summed E-state index contributed by atoms with van der Waals surface area (Å²) in [6.07, 6.45) is 0.237. The van der Waals surface area contributed by atoms with Crippen molar-refractivity contribution in [1.29, 1.82) is 0 Å². The number of alkyl halides is 3. The average molecular weight is 445 g/mol.